The van der Waals surface area contributed by atoms with Crippen LogP contribution < -0.4 is 5.32 Å². The van der Waals surface area contributed by atoms with Gasteiger partial charge in [0, 0.05) is 52.4 Å². The molecule has 0 saturated heterocycles. The smallest absolute Gasteiger partial charge is 0.336 e. The number of nitrogens with zero attached hydrogens (tertiary/aromatic N) is 2. The van der Waals surface area contributed by atoms with Gasteiger partial charge in [-0.15, -0.1) is 11.8 Å². The second-order valence-electron chi connectivity index (χ2n) is 7.75. The molecular formula is C26H19N3O4S. The second-order valence-corrected chi connectivity index (χ2v) is 8.82. The van der Waals surface area contributed by atoms with Gasteiger partial charge in [0.2, 0.25) is 0 Å². The van der Waals surface area contributed by atoms with Crippen LogP contribution >= 0.6 is 11.8 Å². The van der Waals surface area contributed by atoms with Gasteiger partial charge in [0.05, 0.1) is 11.1 Å². The maximum atomic E-state index is 13.1. The van der Waals surface area contributed by atoms with Gasteiger partial charge in [-0.05, 0) is 30.3 Å². The number of aromatic carboxylic acids is 1. The van der Waals surface area contributed by atoms with Crippen molar-refractivity contribution in [3.63, 3.8) is 0 Å². The molecule has 4 aromatic rings. The summed E-state index contributed by atoms with van der Waals surface area (Å²) in [6, 6.07) is 18.3. The van der Waals surface area contributed by atoms with Gasteiger partial charge >= 0.3 is 5.97 Å². The zero-order chi connectivity index (χ0) is 23.7. The number of carboxylic acid groups (broad SMARTS) is 1. The Hall–Kier alpha value is -4.17. The Labute approximate surface area is 199 Å². The molecule has 5 rings (SSSR count). The Bertz CT molecular complexity index is 1410. The lowest BCUT2D eigenvalue weighted by molar-refractivity contribution is 0.0692. The maximum absolute atomic E-state index is 13.1. The fraction of sp³-hybridized carbons (Fsp3) is 0.0769. The molecular weight excluding hydrogens is 450 g/mol. The van der Waals surface area contributed by atoms with Gasteiger partial charge in [0.1, 0.15) is 5.37 Å². The van der Waals surface area contributed by atoms with Crippen LogP contribution in [-0.2, 0) is 5.75 Å². The van der Waals surface area contributed by atoms with E-state index < -0.39 is 11.8 Å². The van der Waals surface area contributed by atoms with Crippen LogP contribution in [0, 0.1) is 0 Å². The third kappa shape index (κ3) is 3.99. The van der Waals surface area contributed by atoms with Crippen molar-refractivity contribution in [2.24, 2.45) is 0 Å². The number of thioether (sulfide) groups is 1. The highest BCUT2D eigenvalue weighted by molar-refractivity contribution is 7.99. The molecule has 34 heavy (non-hydrogen) atoms. The van der Waals surface area contributed by atoms with E-state index in [4.69, 9.17) is 0 Å². The summed E-state index contributed by atoms with van der Waals surface area (Å²) in [5.74, 6) is -1.16. The highest BCUT2D eigenvalue weighted by Crippen LogP contribution is 2.42. The molecule has 2 aromatic carbocycles. The average molecular weight is 470 g/mol. The molecule has 0 fully saturated rings. The van der Waals surface area contributed by atoms with Crippen molar-refractivity contribution in [1.82, 2.24) is 9.55 Å². The largest absolute Gasteiger partial charge is 0.478 e. The third-order valence-electron chi connectivity index (χ3n) is 5.65. The van der Waals surface area contributed by atoms with Gasteiger partial charge in [-0.1, -0.05) is 36.4 Å². The van der Waals surface area contributed by atoms with E-state index in [1.165, 1.54) is 12.1 Å². The highest BCUT2D eigenvalue weighted by Gasteiger charge is 2.28. The lowest BCUT2D eigenvalue weighted by Gasteiger charge is -2.12. The van der Waals surface area contributed by atoms with E-state index in [1.54, 1.807) is 60.4 Å². The SMILES string of the molecule is O=C(O)c1ccccc1C(=O)c1cccc(NC(=O)c2ccn3c2CSC3c2cccnc2)c1. The van der Waals surface area contributed by atoms with Gasteiger partial charge < -0.3 is 15.0 Å². The minimum atomic E-state index is -1.17. The van der Waals surface area contributed by atoms with Crippen LogP contribution in [0.25, 0.3) is 0 Å². The number of pyridine rings is 1. The number of carbonyl (C=O) groups excluding carboxylic acids is 2. The molecule has 1 amide bonds. The normalized spacial score (nSPS) is 14.4. The maximum Gasteiger partial charge on any atom is 0.336 e. The number of hydrogen-bond donors (Lipinski definition) is 2. The molecule has 0 radical (unpaired) electrons. The first-order chi connectivity index (χ1) is 16.5. The highest BCUT2D eigenvalue weighted by atomic mass is 32.2. The molecule has 2 aromatic heterocycles. The van der Waals surface area contributed by atoms with Crippen molar-refractivity contribution in [3.05, 3.63) is 119 Å². The topological polar surface area (TPSA) is 101 Å². The minimum Gasteiger partial charge on any atom is -0.478 e. The molecule has 0 aliphatic carbocycles. The molecule has 1 aliphatic heterocycles. The van der Waals surface area contributed by atoms with Crippen molar-refractivity contribution < 1.29 is 19.5 Å². The van der Waals surface area contributed by atoms with E-state index in [0.29, 0.717) is 22.6 Å². The number of carboxylic acids is 1. The molecule has 0 bridgehead atoms. The fourth-order valence-corrected chi connectivity index (χ4v) is 5.35. The third-order valence-corrected chi connectivity index (χ3v) is 6.91. The number of hydrogen-bond acceptors (Lipinski definition) is 5. The predicted octanol–water partition coefficient (Wildman–Crippen LogP) is 4.86. The van der Waals surface area contributed by atoms with Crippen LogP contribution in [0.5, 0.6) is 0 Å². The van der Waals surface area contributed by atoms with E-state index >= 15 is 0 Å². The number of ketones is 1. The Balaban J connectivity index is 1.37. The summed E-state index contributed by atoms with van der Waals surface area (Å²) in [6.45, 7) is 0. The fourth-order valence-electron chi connectivity index (χ4n) is 4.04. The van der Waals surface area contributed by atoms with E-state index in [0.717, 1.165) is 11.3 Å². The van der Waals surface area contributed by atoms with Crippen LogP contribution in [-0.4, -0.2) is 32.3 Å². The van der Waals surface area contributed by atoms with Crippen LogP contribution in [0.4, 0.5) is 5.69 Å². The molecule has 168 valence electrons. The molecule has 7 nitrogen and oxygen atoms in total. The number of carbonyl (C=O) groups is 3. The first-order valence-electron chi connectivity index (χ1n) is 10.5. The van der Waals surface area contributed by atoms with Crippen molar-refractivity contribution in [1.29, 1.82) is 0 Å². The summed E-state index contributed by atoms with van der Waals surface area (Å²) in [5.41, 5.74) is 3.36. The number of nitrogens with one attached hydrogen (secondary N) is 1. The Morgan fingerprint density at radius 1 is 0.971 bits per heavy atom. The predicted molar refractivity (Wildman–Crippen MR) is 129 cm³/mol. The van der Waals surface area contributed by atoms with Crippen molar-refractivity contribution in [3.8, 4) is 0 Å². The number of rotatable bonds is 6. The molecule has 0 saturated carbocycles. The Morgan fingerprint density at radius 3 is 2.56 bits per heavy atom. The van der Waals surface area contributed by atoms with Crippen molar-refractivity contribution in [2.75, 3.05) is 5.32 Å². The Morgan fingerprint density at radius 2 is 1.79 bits per heavy atom. The van der Waals surface area contributed by atoms with Gasteiger partial charge in [-0.2, -0.15) is 0 Å². The van der Waals surface area contributed by atoms with Gasteiger partial charge in [0.15, 0.2) is 5.78 Å². The lowest BCUT2D eigenvalue weighted by atomic mass is 9.98. The zero-order valence-corrected chi connectivity index (χ0v) is 18.7. The van der Waals surface area contributed by atoms with Crippen LogP contribution in [0.2, 0.25) is 0 Å². The van der Waals surface area contributed by atoms with Crippen molar-refractivity contribution >= 4 is 35.1 Å². The number of anilines is 1. The van der Waals surface area contributed by atoms with Crippen LogP contribution in [0.1, 0.15) is 53.3 Å². The molecule has 2 N–H and O–H groups in total. The summed E-state index contributed by atoms with van der Waals surface area (Å²) in [5, 5.41) is 12.3. The molecule has 1 unspecified atom stereocenters. The van der Waals surface area contributed by atoms with E-state index in [2.05, 4.69) is 14.9 Å². The summed E-state index contributed by atoms with van der Waals surface area (Å²) in [4.78, 5) is 41.7. The van der Waals surface area contributed by atoms with Gasteiger partial charge in [-0.25, -0.2) is 4.79 Å². The van der Waals surface area contributed by atoms with Crippen LogP contribution in [0.3, 0.4) is 0 Å². The zero-order valence-electron chi connectivity index (χ0n) is 17.8. The Kier molecular flexibility index (Phi) is 5.73. The monoisotopic (exact) mass is 469 g/mol. The lowest BCUT2D eigenvalue weighted by Crippen LogP contribution is -2.14. The summed E-state index contributed by atoms with van der Waals surface area (Å²) in [7, 11) is 0. The first-order valence-corrected chi connectivity index (χ1v) is 11.6. The average Bonchev–Trinajstić information content (AvgIpc) is 3.47. The first kappa shape index (κ1) is 21.7. The van der Waals surface area contributed by atoms with Crippen molar-refractivity contribution in [2.45, 2.75) is 11.1 Å². The number of benzene rings is 2. The molecule has 1 atom stereocenters. The minimum absolute atomic E-state index is 0.0630. The summed E-state index contributed by atoms with van der Waals surface area (Å²) < 4.78 is 2.08. The number of amides is 1. The quantitative estimate of drug-likeness (QED) is 0.391. The number of fused-ring (bicyclic) bond motifs is 1. The molecule has 1 aliphatic rings. The van der Waals surface area contributed by atoms with E-state index in [9.17, 15) is 19.5 Å². The van der Waals surface area contributed by atoms with Gasteiger partial charge in [-0.3, -0.25) is 14.6 Å². The molecule has 0 spiro atoms. The van der Waals surface area contributed by atoms with E-state index in [1.807, 2.05) is 24.5 Å². The standard InChI is InChI=1S/C26H19N3O4S/c30-23(19-8-1-2-9-20(19)26(32)33)16-5-3-7-18(13-16)28-24(31)21-10-12-29-22(21)15-34-25(29)17-6-4-11-27-14-17/h1-14,25H,15H2,(H,28,31)(H,32,33). The summed E-state index contributed by atoms with van der Waals surface area (Å²) in [6.07, 6.45) is 5.47. The van der Waals surface area contributed by atoms with E-state index in [-0.39, 0.29) is 22.4 Å². The van der Waals surface area contributed by atoms with Gasteiger partial charge in [0.25, 0.3) is 5.91 Å². The molecule has 3 heterocycles. The van der Waals surface area contributed by atoms with Crippen LogP contribution in [0.15, 0.2) is 85.3 Å². The number of aromatic nitrogens is 2. The summed E-state index contributed by atoms with van der Waals surface area (Å²) >= 11 is 1.73. The molecule has 8 heteroatoms. The second kappa shape index (κ2) is 8.99.